The Balaban J connectivity index is -0.000000365. The number of ether oxygens (including phenoxy) is 2. The number of hydrogen-bond acceptors (Lipinski definition) is 36. The first kappa shape index (κ1) is 101. The highest BCUT2D eigenvalue weighted by Gasteiger charge is 2.40. The van der Waals surface area contributed by atoms with Crippen LogP contribution >= 0.6 is 0 Å². The molecule has 105 heavy (non-hydrogen) atoms. The molecule has 0 aliphatic rings. The van der Waals surface area contributed by atoms with E-state index in [-0.39, 0.29) is 36.4 Å². The summed E-state index contributed by atoms with van der Waals surface area (Å²) in [5, 5.41) is 275. The second-order valence-electron chi connectivity index (χ2n) is 18.6. The number of carboxylic acid groups (broad SMARTS) is 16. The van der Waals surface area contributed by atoms with Crippen LogP contribution < -0.4 is 0 Å². The van der Waals surface area contributed by atoms with Crippen molar-refractivity contribution in [3.8, 4) is 17.2 Å². The topological polar surface area (TPSA) is 973 Å². The monoisotopic (exact) mass is 1530 g/mol. The van der Waals surface area contributed by atoms with Gasteiger partial charge in [-0.15, -0.1) is 0 Å². The van der Waals surface area contributed by atoms with Gasteiger partial charge in [-0.3, -0.25) is 19.2 Å². The number of aliphatic hydroxyl groups excluding tert-OH is 12. The summed E-state index contributed by atoms with van der Waals surface area (Å²) >= 11 is 0. The summed E-state index contributed by atoms with van der Waals surface area (Å²) in [5.41, 5.74) is -8.05. The van der Waals surface area contributed by atoms with Crippen molar-refractivity contribution < 1.29 is 259 Å². The van der Waals surface area contributed by atoms with Crippen LogP contribution in [0.2, 0.25) is 0 Å². The number of hydrogen-bond donors (Lipinski definition) is 32. The van der Waals surface area contributed by atoms with Gasteiger partial charge in [0.1, 0.15) is 66.5 Å². The molecule has 0 saturated heterocycles. The fourth-order valence-corrected chi connectivity index (χ4v) is 5.89. The van der Waals surface area contributed by atoms with Crippen LogP contribution in [0.15, 0.2) is 42.5 Å². The Labute approximate surface area is 576 Å². The molecule has 0 heterocycles. The van der Waals surface area contributed by atoms with Gasteiger partial charge in [-0.1, -0.05) is 0 Å². The van der Waals surface area contributed by atoms with Crippen LogP contribution in [0.3, 0.4) is 0 Å². The van der Waals surface area contributed by atoms with Crippen LogP contribution in [-0.2, 0) is 57.4 Å². The van der Waals surface area contributed by atoms with Crippen molar-refractivity contribution >= 4 is 108 Å². The van der Waals surface area contributed by atoms with Gasteiger partial charge in [-0.05, 0) is 42.5 Å². The maximum absolute atomic E-state index is 10.8. The first-order valence-electron chi connectivity index (χ1n) is 26.1. The lowest BCUT2D eigenvalue weighted by Gasteiger charge is -2.23. The molecule has 32 N–H and O–H groups in total. The van der Waals surface area contributed by atoms with E-state index < -0.39 is 239 Å². The van der Waals surface area contributed by atoms with Gasteiger partial charge >= 0.3 is 95.5 Å². The van der Waals surface area contributed by atoms with Gasteiger partial charge in [0.2, 0.25) is 5.60 Å². The summed E-state index contributed by atoms with van der Waals surface area (Å²) in [7, 11) is 0. The Hall–Kier alpha value is -13.0. The van der Waals surface area contributed by atoms with E-state index in [9.17, 15) is 91.4 Å². The minimum Gasteiger partial charge on any atom is -0.508 e. The van der Waals surface area contributed by atoms with Crippen molar-refractivity contribution in [3.63, 3.8) is 0 Å². The predicted octanol–water partition coefficient (Wildman–Crippen LogP) is -9.81. The van der Waals surface area contributed by atoms with Gasteiger partial charge in [0.15, 0.2) is 30.5 Å². The molecule has 586 valence electrons. The number of phenols is 3. The maximum Gasteiger partial charge on any atom is 0.340 e. The van der Waals surface area contributed by atoms with Crippen molar-refractivity contribution in [3.05, 3.63) is 87.0 Å². The van der Waals surface area contributed by atoms with E-state index >= 15 is 0 Å². The molecule has 12 atom stereocenters. The van der Waals surface area contributed by atoms with E-state index in [1.165, 1.54) is 0 Å². The van der Waals surface area contributed by atoms with Crippen LogP contribution in [0.1, 0.15) is 95.7 Å². The molecule has 0 spiro atoms. The molecule has 0 aliphatic heterocycles. The van der Waals surface area contributed by atoms with Gasteiger partial charge in [0.05, 0.1) is 64.5 Å². The molecule has 0 radical (unpaired) electrons. The largest absolute Gasteiger partial charge is 0.508 e. The second kappa shape index (κ2) is 48.7. The van der Waals surface area contributed by atoms with Crippen LogP contribution in [0.25, 0.3) is 0 Å². The normalized spacial score (nSPS) is 13.7. The van der Waals surface area contributed by atoms with Crippen molar-refractivity contribution in [2.24, 2.45) is 0 Å². The number of rotatable bonds is 32. The fraction of sp³-hybridized carbons (Fsp3) is 0.321. The molecule has 3 rings (SSSR count). The molecule has 52 heteroatoms. The number of carboxylic acids is 16. The van der Waals surface area contributed by atoms with Crippen molar-refractivity contribution in [2.75, 3.05) is 19.8 Å². The van der Waals surface area contributed by atoms with Crippen LogP contribution in [-0.4, -0.2) is 364 Å². The number of aromatic carboxylic acids is 8. The average molecular weight is 1530 g/mol. The van der Waals surface area contributed by atoms with Gasteiger partial charge in [-0.25, -0.2) is 67.1 Å². The molecule has 0 fully saturated rings. The Morgan fingerprint density at radius 1 is 0.381 bits per heavy atom. The summed E-state index contributed by atoms with van der Waals surface area (Å²) in [5.74, 6) is -27.6. The third kappa shape index (κ3) is 37.8. The molecule has 0 aliphatic carbocycles. The van der Waals surface area contributed by atoms with Crippen LogP contribution in [0.5, 0.6) is 17.2 Å². The minimum atomic E-state index is -2.56. The first-order valence-corrected chi connectivity index (χ1v) is 26.1. The molecule has 0 bridgehead atoms. The highest BCUT2D eigenvalue weighted by Crippen LogP contribution is 2.26. The second-order valence-corrected chi connectivity index (χ2v) is 18.6. The summed E-state index contributed by atoms with van der Waals surface area (Å²) in [6.45, 7) is -1.92. The third-order valence-corrected chi connectivity index (χ3v) is 10.9. The third-order valence-electron chi connectivity index (χ3n) is 10.9. The maximum atomic E-state index is 10.8. The number of aliphatic carboxylic acids is 8. The summed E-state index contributed by atoms with van der Waals surface area (Å²) in [4.78, 5) is 184. The zero-order valence-electron chi connectivity index (χ0n) is 51.6. The lowest BCUT2D eigenvalue weighted by molar-refractivity contribution is -0.172. The van der Waals surface area contributed by atoms with Crippen molar-refractivity contribution in [2.45, 2.75) is 85.6 Å². The number of carbonyl (C=O) groups is 18. The number of benzene rings is 3. The van der Waals surface area contributed by atoms with E-state index in [4.69, 9.17) is 158 Å². The van der Waals surface area contributed by atoms with Crippen LogP contribution in [0, 0.1) is 0 Å². The Bertz CT molecular complexity index is 3450. The summed E-state index contributed by atoms with van der Waals surface area (Å²) < 4.78 is 8.09. The van der Waals surface area contributed by atoms with Crippen molar-refractivity contribution in [1.82, 2.24) is 0 Å². The molecular formula is C53H62O52. The average Bonchev–Trinajstić information content (AvgIpc) is 0.803. The van der Waals surface area contributed by atoms with Crippen molar-refractivity contribution in [1.29, 1.82) is 0 Å². The van der Waals surface area contributed by atoms with E-state index in [1.54, 1.807) is 0 Å². The molecule has 0 aromatic heterocycles. The molecular weight excluding hydrogens is 1470 g/mol. The fourth-order valence-electron chi connectivity index (χ4n) is 5.89. The minimum absolute atomic E-state index is 0.0737. The molecule has 52 nitrogen and oxygen atoms in total. The summed E-state index contributed by atoms with van der Waals surface area (Å²) in [6, 6.07) is 5.94. The number of aliphatic hydroxyl groups is 13. The van der Waals surface area contributed by atoms with E-state index in [0.29, 0.717) is 12.1 Å². The Morgan fingerprint density at radius 3 is 0.981 bits per heavy atom. The zero-order chi connectivity index (χ0) is 83.8. The number of aromatic hydroxyl groups is 3. The molecule has 4 unspecified atom stereocenters. The number of carbonyl (C=O) groups excluding carboxylic acids is 2. The lowest BCUT2D eigenvalue weighted by atomic mass is 10.00. The lowest BCUT2D eigenvalue weighted by Crippen LogP contribution is -2.49. The quantitative estimate of drug-likeness (QED) is 0.0258. The van der Waals surface area contributed by atoms with E-state index in [1.807, 2.05) is 0 Å². The highest BCUT2D eigenvalue weighted by molar-refractivity contribution is 6.11. The van der Waals surface area contributed by atoms with Gasteiger partial charge in [0, 0.05) is 0 Å². The Morgan fingerprint density at radius 2 is 0.714 bits per heavy atom. The summed E-state index contributed by atoms with van der Waals surface area (Å²) in [6.07, 6.45) is -24.2. The number of phenolic OH excluding ortho intramolecular Hbond substituents is 2. The smallest absolute Gasteiger partial charge is 0.340 e. The molecule has 0 saturated carbocycles. The highest BCUT2D eigenvalue weighted by atomic mass is 16.5. The first-order chi connectivity index (χ1) is 47.9. The van der Waals surface area contributed by atoms with Gasteiger partial charge in [0.25, 0.3) is 12.9 Å². The predicted molar refractivity (Wildman–Crippen MR) is 312 cm³/mol. The zero-order valence-corrected chi connectivity index (χ0v) is 51.6. The van der Waals surface area contributed by atoms with Crippen LogP contribution in [0.4, 0.5) is 0 Å². The molecule has 0 amide bonds. The standard InChI is InChI=1S/2C9H6O7.C8H6O5.C6H10O8.C6H8O7.C6H12O7.C5H8O5.C4H6O6/c10-3-1-4(7(11)12)6(9(15)16)5(2-3)8(13)14;10-4-2-1-3(7(11)12)5(8(13)14)6(4)9(15)16;9-6-2-4(7(10)11)1-5(3-6)8(12)13;7-1(3(9)5(11)12)2(8)4(10)6(13)14;7-3-13-2-6(12,5(10)11)1-4(8)9;7-1-2(8)3(9)4(10)5(11)6(12)13;6-3-10-2-4(7)1-5(8)9;5-1(3(7)8)2(6)4(9)10/h2*1-2,10H,(H,11,12)(H,13,14)(H,15,16);1-3,9H,(H,10,11)(H,12,13);1-4,7-10H,(H,11,12)(H,13,14);3,12H,1-2H2,(H,8,9)(H,10,11);2-5,7-11H,1H2,(H,12,13);3-4,7H,1-2H2,(H,8,9);1-2,5-6H,(H,7,8)(H,9,10)/t;;;1-,2+,3+,4-;;2-,3-,4+,5-;;/m.....1../s1. The molecule has 3 aromatic carbocycles. The Kier molecular flexibility index (Phi) is 46.7. The van der Waals surface area contributed by atoms with E-state index in [0.717, 1.165) is 30.3 Å². The molecule has 3 aromatic rings. The van der Waals surface area contributed by atoms with E-state index in [2.05, 4.69) is 9.47 Å². The van der Waals surface area contributed by atoms with Gasteiger partial charge in [-0.2, -0.15) is 0 Å². The SMILES string of the molecule is O=C(O)C(O)C(O)C(=O)O.O=C(O)[C@@H](O)[C@H](O)[C@H](O)[C@@H](O)C(=O)O.O=C(O)[C@H](O)[C@@H](O)[C@H](O)[C@H](O)CO.O=C(O)c1cc(O)cc(C(=O)O)c1.O=C(O)c1cc(O)cc(C(=O)O)c1C(=O)O.O=C(O)c1ccc(O)c(C(=O)O)c1C(=O)O.O=COCC(O)(CC(=O)O)C(=O)O.O=COCC(O)CC(=O)O. The van der Waals surface area contributed by atoms with Gasteiger partial charge < -0.3 is 173 Å².